The van der Waals surface area contributed by atoms with Gasteiger partial charge < -0.3 is 45.4 Å². The van der Waals surface area contributed by atoms with Crippen molar-refractivity contribution in [1.29, 1.82) is 0 Å². The van der Waals surface area contributed by atoms with Crippen LogP contribution in [0.3, 0.4) is 0 Å². The highest BCUT2D eigenvalue weighted by molar-refractivity contribution is 5.80. The zero-order valence-corrected chi connectivity index (χ0v) is 52.7. The molecular weight excluding hydrogens is 999 g/mol. The molecule has 10 nitrogen and oxygen atoms in total. The molecule has 8 atom stereocenters. The van der Waals surface area contributed by atoms with Crippen LogP contribution in [0.4, 0.5) is 0 Å². The maximum atomic E-state index is 13.2. The number of aliphatic hydroxyl groups is 6. The van der Waals surface area contributed by atoms with Gasteiger partial charge >= 0.3 is 0 Å². The molecule has 0 aromatic rings. The molecule has 0 aromatic heterocycles. The predicted molar refractivity (Wildman–Crippen MR) is 338 cm³/mol. The van der Waals surface area contributed by atoms with Gasteiger partial charge in [0.15, 0.2) is 6.29 Å². The molecule has 0 saturated carbocycles. The van der Waals surface area contributed by atoms with Crippen LogP contribution in [0.1, 0.15) is 354 Å². The Morgan fingerprint density at radius 1 is 0.425 bits per heavy atom. The maximum Gasteiger partial charge on any atom is 0.249 e. The minimum Gasteiger partial charge on any atom is -0.394 e. The summed E-state index contributed by atoms with van der Waals surface area (Å²) in [5, 5.41) is 65.2. The number of ether oxygens (including phenoxy) is 2. The van der Waals surface area contributed by atoms with E-state index in [4.69, 9.17) is 9.47 Å². The van der Waals surface area contributed by atoms with Crippen LogP contribution in [0, 0.1) is 0 Å². The molecule has 1 aliphatic heterocycles. The number of nitrogens with one attached hydrogen (secondary N) is 1. The molecule has 0 aliphatic carbocycles. The number of amides is 1. The van der Waals surface area contributed by atoms with E-state index in [1.165, 1.54) is 289 Å². The van der Waals surface area contributed by atoms with Crippen molar-refractivity contribution in [2.45, 2.75) is 403 Å². The Kier molecular flexibility index (Phi) is 56.9. The van der Waals surface area contributed by atoms with E-state index in [0.29, 0.717) is 12.8 Å². The summed E-state index contributed by atoms with van der Waals surface area (Å²) in [7, 11) is 0. The van der Waals surface area contributed by atoms with E-state index < -0.39 is 61.5 Å². The fraction of sp³-hybridized carbons (Fsp3) is 0.929. The summed E-state index contributed by atoms with van der Waals surface area (Å²) >= 11 is 0. The van der Waals surface area contributed by atoms with Gasteiger partial charge in [-0.1, -0.05) is 346 Å². The van der Waals surface area contributed by atoms with Gasteiger partial charge in [-0.05, 0) is 32.1 Å². The van der Waals surface area contributed by atoms with Gasteiger partial charge in [0.25, 0.3) is 0 Å². The molecule has 0 aromatic carbocycles. The lowest BCUT2D eigenvalue weighted by molar-refractivity contribution is -0.302. The van der Waals surface area contributed by atoms with Crippen molar-refractivity contribution in [3.63, 3.8) is 0 Å². The highest BCUT2D eigenvalue weighted by Gasteiger charge is 2.44. The standard InChI is InChI=1S/C70H135NO9/c1-3-5-7-9-11-13-15-17-19-21-22-23-24-25-26-27-28-29-30-31-32-33-34-35-36-37-38-39-40-41-43-45-47-49-51-53-55-57-59-64(74)69(78)71-62(61-79-70-68(77)67(76)66(75)65(60-72)80-70)63(73)58-56-54-52-50-48-46-44-42-20-18-16-14-12-10-8-6-4-2/h48,50,56,58,62-68,70,72-77H,3-47,49,51-55,57,59-61H2,1-2H3,(H,71,78)/b50-48+,58-56+. The van der Waals surface area contributed by atoms with Gasteiger partial charge in [0.05, 0.1) is 25.4 Å². The van der Waals surface area contributed by atoms with Gasteiger partial charge in [-0.3, -0.25) is 4.79 Å². The molecule has 1 saturated heterocycles. The molecule has 0 spiro atoms. The third kappa shape index (κ3) is 46.9. The van der Waals surface area contributed by atoms with E-state index >= 15 is 0 Å². The average molecular weight is 1130 g/mol. The number of allylic oxidation sites excluding steroid dienone is 3. The maximum absolute atomic E-state index is 13.2. The van der Waals surface area contributed by atoms with Crippen LogP contribution in [0.2, 0.25) is 0 Å². The van der Waals surface area contributed by atoms with Crippen LogP contribution in [0.5, 0.6) is 0 Å². The number of rotatable bonds is 62. The number of carbonyl (C=O) groups is 1. The summed E-state index contributed by atoms with van der Waals surface area (Å²) in [5.41, 5.74) is 0. The van der Waals surface area contributed by atoms with Crippen molar-refractivity contribution >= 4 is 5.91 Å². The number of aliphatic hydroxyl groups excluding tert-OH is 6. The van der Waals surface area contributed by atoms with Gasteiger partial charge in [0.2, 0.25) is 5.91 Å². The second-order valence-electron chi connectivity index (χ2n) is 24.8. The number of unbranched alkanes of at least 4 members (excludes halogenated alkanes) is 49. The summed E-state index contributed by atoms with van der Waals surface area (Å²) in [5.74, 6) is -0.619. The number of hydrogen-bond donors (Lipinski definition) is 7. The second-order valence-corrected chi connectivity index (χ2v) is 24.8. The molecule has 1 amide bonds. The van der Waals surface area contributed by atoms with Crippen LogP contribution in [0.15, 0.2) is 24.3 Å². The summed E-state index contributed by atoms with van der Waals surface area (Å²) in [4.78, 5) is 13.2. The van der Waals surface area contributed by atoms with E-state index in [-0.39, 0.29) is 6.61 Å². The lowest BCUT2D eigenvalue weighted by Gasteiger charge is -2.40. The van der Waals surface area contributed by atoms with Crippen molar-refractivity contribution in [2.75, 3.05) is 13.2 Å². The first kappa shape index (κ1) is 76.6. The van der Waals surface area contributed by atoms with Crippen LogP contribution in [-0.2, 0) is 14.3 Å². The minimum atomic E-state index is -1.61. The Labute approximate surface area is 494 Å². The highest BCUT2D eigenvalue weighted by atomic mass is 16.7. The first-order chi connectivity index (χ1) is 39.3. The lowest BCUT2D eigenvalue weighted by Crippen LogP contribution is -2.60. The normalized spacial score (nSPS) is 18.9. The van der Waals surface area contributed by atoms with Crippen molar-refractivity contribution in [3.8, 4) is 0 Å². The van der Waals surface area contributed by atoms with E-state index in [1.54, 1.807) is 6.08 Å². The highest BCUT2D eigenvalue weighted by Crippen LogP contribution is 2.24. The van der Waals surface area contributed by atoms with Gasteiger partial charge in [0, 0.05) is 0 Å². The van der Waals surface area contributed by atoms with Crippen molar-refractivity contribution < 1.29 is 44.9 Å². The van der Waals surface area contributed by atoms with Crippen LogP contribution in [0.25, 0.3) is 0 Å². The Balaban J connectivity index is 2.08. The summed E-state index contributed by atoms with van der Waals surface area (Å²) in [6.45, 7) is 3.65. The molecule has 0 bridgehead atoms. The summed E-state index contributed by atoms with van der Waals surface area (Å²) < 4.78 is 11.2. The number of carbonyl (C=O) groups excluding carboxylic acids is 1. The third-order valence-electron chi connectivity index (χ3n) is 17.1. The van der Waals surface area contributed by atoms with Gasteiger partial charge in [-0.25, -0.2) is 0 Å². The topological polar surface area (TPSA) is 169 Å². The Bertz CT molecular complexity index is 1330. The van der Waals surface area contributed by atoms with Gasteiger partial charge in [-0.2, -0.15) is 0 Å². The van der Waals surface area contributed by atoms with E-state index in [0.717, 1.165) is 38.5 Å². The number of hydrogen-bond acceptors (Lipinski definition) is 9. The molecular formula is C70H135NO9. The van der Waals surface area contributed by atoms with Gasteiger partial charge in [0.1, 0.15) is 30.5 Å². The summed E-state index contributed by atoms with van der Waals surface area (Å²) in [6.07, 6.45) is 67.7. The molecule has 1 aliphatic rings. The van der Waals surface area contributed by atoms with E-state index in [1.807, 2.05) is 6.08 Å². The monoisotopic (exact) mass is 1130 g/mol. The largest absolute Gasteiger partial charge is 0.394 e. The zero-order chi connectivity index (χ0) is 58.0. The molecule has 1 fully saturated rings. The smallest absolute Gasteiger partial charge is 0.249 e. The average Bonchev–Trinajstić information content (AvgIpc) is 3.46. The molecule has 7 N–H and O–H groups in total. The quantitative estimate of drug-likeness (QED) is 0.0232. The van der Waals surface area contributed by atoms with Crippen LogP contribution < -0.4 is 5.32 Å². The first-order valence-corrected chi connectivity index (χ1v) is 35.2. The third-order valence-corrected chi connectivity index (χ3v) is 17.1. The Morgan fingerprint density at radius 2 is 0.738 bits per heavy atom. The second kappa shape index (κ2) is 59.4. The zero-order valence-electron chi connectivity index (χ0n) is 52.7. The van der Waals surface area contributed by atoms with Crippen molar-refractivity contribution in [2.24, 2.45) is 0 Å². The van der Waals surface area contributed by atoms with Crippen molar-refractivity contribution in [3.05, 3.63) is 24.3 Å². The van der Waals surface area contributed by atoms with E-state index in [2.05, 4.69) is 31.3 Å². The van der Waals surface area contributed by atoms with Crippen molar-refractivity contribution in [1.82, 2.24) is 5.32 Å². The fourth-order valence-electron chi connectivity index (χ4n) is 11.5. The molecule has 474 valence electrons. The summed E-state index contributed by atoms with van der Waals surface area (Å²) in [6, 6.07) is -0.995. The lowest BCUT2D eigenvalue weighted by atomic mass is 9.99. The van der Waals surface area contributed by atoms with Gasteiger partial charge in [-0.15, -0.1) is 0 Å². The van der Waals surface area contributed by atoms with Crippen LogP contribution in [-0.4, -0.2) is 98.7 Å². The minimum absolute atomic E-state index is 0.309. The van der Waals surface area contributed by atoms with E-state index in [9.17, 15) is 35.4 Å². The molecule has 0 radical (unpaired) electrons. The predicted octanol–water partition coefficient (Wildman–Crippen LogP) is 17.8. The Hall–Kier alpha value is -1.37. The molecule has 1 rings (SSSR count). The Morgan fingerprint density at radius 3 is 1.09 bits per heavy atom. The SMILES string of the molecule is CCCCCCCCCCCCC/C=C/CC/C=C/C(O)C(COC1OC(CO)C(O)C(O)C1O)NC(=O)C(O)CCCCCCCCCCCCCCCCCCCCCCCCCCCCCCCCCCCCCCCC. The molecule has 1 heterocycles. The molecule has 8 unspecified atom stereocenters. The molecule has 10 heteroatoms. The van der Waals surface area contributed by atoms with Crippen LogP contribution >= 0.6 is 0 Å². The fourth-order valence-corrected chi connectivity index (χ4v) is 11.5. The first-order valence-electron chi connectivity index (χ1n) is 35.2. The molecule has 80 heavy (non-hydrogen) atoms.